The average Bonchev–Trinajstić information content (AvgIpc) is 2.30. The first-order valence-corrected chi connectivity index (χ1v) is 4.67. The molecule has 0 bridgehead atoms. The van der Waals surface area contributed by atoms with E-state index < -0.39 is 16.4 Å². The molecule has 2 rings (SSSR count). The molecule has 1 aromatic heterocycles. The van der Waals surface area contributed by atoms with E-state index in [4.69, 9.17) is 0 Å². The van der Waals surface area contributed by atoms with Crippen LogP contribution in [0.4, 0.5) is 10.1 Å². The lowest BCUT2D eigenvalue weighted by Crippen LogP contribution is -1.98. The van der Waals surface area contributed by atoms with E-state index in [2.05, 4.69) is 16.9 Å². The summed E-state index contributed by atoms with van der Waals surface area (Å²) in [7, 11) is 0. The maximum atomic E-state index is 13.9. The lowest BCUT2D eigenvalue weighted by molar-refractivity contribution is -0.387. The van der Waals surface area contributed by atoms with Crippen LogP contribution in [0.5, 0.6) is 0 Å². The third kappa shape index (κ3) is 1.96. The Morgan fingerprint density at radius 1 is 1.29 bits per heavy atom. The second kappa shape index (κ2) is 4.25. The van der Waals surface area contributed by atoms with E-state index in [-0.39, 0.29) is 17.0 Å². The molecule has 85 valence electrons. The van der Waals surface area contributed by atoms with Crippen molar-refractivity contribution >= 4 is 5.69 Å². The molecular formula is C11H7FN3O2. The zero-order valence-electron chi connectivity index (χ0n) is 8.63. The SMILES string of the molecule is [CH2]c1nccnc1-c1cccc([N+](=O)[O-])c1F. The fourth-order valence-corrected chi connectivity index (χ4v) is 1.44. The Labute approximate surface area is 96.1 Å². The Kier molecular flexibility index (Phi) is 2.78. The van der Waals surface area contributed by atoms with E-state index in [1.165, 1.54) is 24.5 Å². The highest BCUT2D eigenvalue weighted by Crippen LogP contribution is 2.28. The van der Waals surface area contributed by atoms with Gasteiger partial charge in [-0.2, -0.15) is 4.39 Å². The van der Waals surface area contributed by atoms with Crippen molar-refractivity contribution in [3.63, 3.8) is 0 Å². The van der Waals surface area contributed by atoms with E-state index >= 15 is 0 Å². The Morgan fingerprint density at radius 3 is 2.65 bits per heavy atom. The van der Waals surface area contributed by atoms with E-state index in [9.17, 15) is 14.5 Å². The summed E-state index contributed by atoms with van der Waals surface area (Å²) in [5.41, 5.74) is -0.0922. The number of nitrogens with zero attached hydrogens (tertiary/aromatic N) is 3. The van der Waals surface area contributed by atoms with Crippen LogP contribution in [0.1, 0.15) is 5.69 Å². The van der Waals surface area contributed by atoms with Crippen molar-refractivity contribution in [2.45, 2.75) is 0 Å². The first-order chi connectivity index (χ1) is 8.11. The fourth-order valence-electron chi connectivity index (χ4n) is 1.44. The van der Waals surface area contributed by atoms with Crippen molar-refractivity contribution in [3.8, 4) is 11.3 Å². The predicted octanol–water partition coefficient (Wildman–Crippen LogP) is 2.37. The minimum absolute atomic E-state index is 0.0253. The molecule has 0 aliphatic rings. The standard InChI is InChI=1S/C11H7FN3O2/c1-7-11(14-6-5-13-7)8-3-2-4-9(10(8)12)15(16)17/h2-6H,1H2. The van der Waals surface area contributed by atoms with Crippen LogP contribution in [-0.4, -0.2) is 14.9 Å². The lowest BCUT2D eigenvalue weighted by atomic mass is 10.1. The van der Waals surface area contributed by atoms with Gasteiger partial charge in [0, 0.05) is 24.0 Å². The Hall–Kier alpha value is -2.37. The lowest BCUT2D eigenvalue weighted by Gasteiger charge is -2.04. The van der Waals surface area contributed by atoms with Gasteiger partial charge in [0.15, 0.2) is 0 Å². The van der Waals surface area contributed by atoms with Gasteiger partial charge in [0.25, 0.3) is 0 Å². The van der Waals surface area contributed by atoms with Crippen LogP contribution in [0.3, 0.4) is 0 Å². The molecule has 0 amide bonds. The van der Waals surface area contributed by atoms with Crippen molar-refractivity contribution in [2.75, 3.05) is 0 Å². The summed E-state index contributed by atoms with van der Waals surface area (Å²) in [6, 6.07) is 3.89. The number of nitro groups is 1. The number of nitro benzene ring substituents is 1. The highest BCUT2D eigenvalue weighted by molar-refractivity contribution is 5.66. The highest BCUT2D eigenvalue weighted by Gasteiger charge is 2.19. The summed E-state index contributed by atoms with van der Waals surface area (Å²) in [4.78, 5) is 17.6. The van der Waals surface area contributed by atoms with Crippen LogP contribution in [0, 0.1) is 22.9 Å². The molecular weight excluding hydrogens is 225 g/mol. The van der Waals surface area contributed by atoms with Gasteiger partial charge in [-0.1, -0.05) is 6.07 Å². The average molecular weight is 232 g/mol. The smallest absolute Gasteiger partial charge is 0.258 e. The summed E-state index contributed by atoms with van der Waals surface area (Å²) in [6.07, 6.45) is 2.80. The highest BCUT2D eigenvalue weighted by atomic mass is 19.1. The van der Waals surface area contributed by atoms with Crippen LogP contribution in [0.2, 0.25) is 0 Å². The van der Waals surface area contributed by atoms with E-state index in [1.54, 1.807) is 0 Å². The molecule has 0 saturated carbocycles. The summed E-state index contributed by atoms with van der Waals surface area (Å²) in [6.45, 7) is 3.60. The van der Waals surface area contributed by atoms with Gasteiger partial charge in [-0.25, -0.2) is 0 Å². The number of halogens is 1. The van der Waals surface area contributed by atoms with Crippen molar-refractivity contribution < 1.29 is 9.31 Å². The topological polar surface area (TPSA) is 68.9 Å². The minimum atomic E-state index is -0.928. The maximum Gasteiger partial charge on any atom is 0.305 e. The zero-order chi connectivity index (χ0) is 12.4. The number of hydrogen-bond acceptors (Lipinski definition) is 4. The molecule has 2 aromatic rings. The Bertz CT molecular complexity index is 587. The van der Waals surface area contributed by atoms with Crippen LogP contribution >= 0.6 is 0 Å². The molecule has 1 radical (unpaired) electrons. The quantitative estimate of drug-likeness (QED) is 0.588. The molecule has 0 aliphatic heterocycles. The normalized spacial score (nSPS) is 10.2. The zero-order valence-corrected chi connectivity index (χ0v) is 8.63. The van der Waals surface area contributed by atoms with Gasteiger partial charge in [-0.3, -0.25) is 20.1 Å². The molecule has 17 heavy (non-hydrogen) atoms. The van der Waals surface area contributed by atoms with E-state index in [0.29, 0.717) is 0 Å². The number of aromatic nitrogens is 2. The van der Waals surface area contributed by atoms with Crippen LogP contribution in [0.15, 0.2) is 30.6 Å². The number of hydrogen-bond donors (Lipinski definition) is 0. The van der Waals surface area contributed by atoms with Gasteiger partial charge in [0.1, 0.15) is 0 Å². The molecule has 0 atom stereocenters. The summed E-state index contributed by atoms with van der Waals surface area (Å²) >= 11 is 0. The summed E-state index contributed by atoms with van der Waals surface area (Å²) < 4.78 is 13.9. The van der Waals surface area contributed by atoms with Gasteiger partial charge in [0.05, 0.1) is 16.3 Å². The molecule has 5 nitrogen and oxygen atoms in total. The van der Waals surface area contributed by atoms with Gasteiger partial charge in [0.2, 0.25) is 5.82 Å². The first kappa shape index (κ1) is 11.1. The molecule has 0 fully saturated rings. The van der Waals surface area contributed by atoms with Crippen molar-refractivity contribution in [1.29, 1.82) is 0 Å². The van der Waals surface area contributed by atoms with Gasteiger partial charge in [-0.15, -0.1) is 0 Å². The van der Waals surface area contributed by atoms with Gasteiger partial charge in [-0.05, 0) is 13.0 Å². The largest absolute Gasteiger partial charge is 0.305 e. The molecule has 1 heterocycles. The Balaban J connectivity index is 2.65. The second-order valence-electron chi connectivity index (χ2n) is 3.25. The molecule has 0 spiro atoms. The van der Waals surface area contributed by atoms with Gasteiger partial charge < -0.3 is 0 Å². The van der Waals surface area contributed by atoms with E-state index in [0.717, 1.165) is 6.07 Å². The van der Waals surface area contributed by atoms with Crippen LogP contribution < -0.4 is 0 Å². The monoisotopic (exact) mass is 232 g/mol. The van der Waals surface area contributed by atoms with Crippen molar-refractivity contribution in [2.24, 2.45) is 0 Å². The molecule has 0 unspecified atom stereocenters. The first-order valence-electron chi connectivity index (χ1n) is 4.67. The van der Waals surface area contributed by atoms with Crippen LogP contribution in [-0.2, 0) is 0 Å². The molecule has 0 aliphatic carbocycles. The molecule has 6 heteroatoms. The third-order valence-electron chi connectivity index (χ3n) is 2.20. The molecule has 1 aromatic carbocycles. The fraction of sp³-hybridized carbons (Fsp3) is 0. The summed E-state index contributed by atoms with van der Waals surface area (Å²) in [5.74, 6) is -0.928. The third-order valence-corrected chi connectivity index (χ3v) is 2.20. The second-order valence-corrected chi connectivity index (χ2v) is 3.25. The maximum absolute atomic E-state index is 13.9. The van der Waals surface area contributed by atoms with Gasteiger partial charge >= 0.3 is 5.69 Å². The molecule has 0 saturated heterocycles. The van der Waals surface area contributed by atoms with Crippen molar-refractivity contribution in [3.05, 3.63) is 59.1 Å². The summed E-state index contributed by atoms with van der Waals surface area (Å²) in [5, 5.41) is 10.6. The van der Waals surface area contributed by atoms with Crippen LogP contribution in [0.25, 0.3) is 11.3 Å². The number of rotatable bonds is 2. The number of benzene rings is 1. The van der Waals surface area contributed by atoms with E-state index in [1.807, 2.05) is 0 Å². The van der Waals surface area contributed by atoms with Crippen molar-refractivity contribution in [1.82, 2.24) is 9.97 Å². The Morgan fingerprint density at radius 2 is 2.00 bits per heavy atom. The minimum Gasteiger partial charge on any atom is -0.258 e. The molecule has 0 N–H and O–H groups in total. The predicted molar refractivity (Wildman–Crippen MR) is 58.5 cm³/mol.